The lowest BCUT2D eigenvalue weighted by Gasteiger charge is -2.33. The number of carboxylic acid groups (broad SMARTS) is 1. The van der Waals surface area contributed by atoms with Crippen molar-refractivity contribution in [3.05, 3.63) is 0 Å². The predicted octanol–water partition coefficient (Wildman–Crippen LogP) is -0.643. The van der Waals surface area contributed by atoms with Gasteiger partial charge in [-0.1, -0.05) is 0 Å². The number of carbonyl (C=O) groups is 2. The predicted molar refractivity (Wildman–Crippen MR) is 66.3 cm³/mol. The van der Waals surface area contributed by atoms with Gasteiger partial charge in [-0.25, -0.2) is 0 Å². The Morgan fingerprint density at radius 1 is 1.17 bits per heavy atom. The van der Waals surface area contributed by atoms with E-state index in [-0.39, 0.29) is 12.5 Å². The van der Waals surface area contributed by atoms with Gasteiger partial charge < -0.3 is 15.3 Å². The third kappa shape index (κ3) is 4.27. The van der Waals surface area contributed by atoms with E-state index in [0.29, 0.717) is 38.6 Å². The van der Waals surface area contributed by atoms with Gasteiger partial charge in [0.05, 0.1) is 6.54 Å². The van der Waals surface area contributed by atoms with Crippen LogP contribution in [0, 0.1) is 0 Å². The number of rotatable bonds is 6. The highest BCUT2D eigenvalue weighted by molar-refractivity contribution is 5.76. The maximum atomic E-state index is 11.9. The Hall–Kier alpha value is -1.14. The Morgan fingerprint density at radius 2 is 1.83 bits per heavy atom. The molecular formula is C12H21N3O3. The number of carbonyl (C=O) groups excluding carboxylic acids is 1. The van der Waals surface area contributed by atoms with Crippen LogP contribution in [0.15, 0.2) is 0 Å². The van der Waals surface area contributed by atoms with Crippen molar-refractivity contribution < 1.29 is 14.7 Å². The molecule has 1 saturated heterocycles. The lowest BCUT2D eigenvalue weighted by atomic mass is 10.2. The van der Waals surface area contributed by atoms with Crippen molar-refractivity contribution in [1.29, 1.82) is 0 Å². The summed E-state index contributed by atoms with van der Waals surface area (Å²) in [4.78, 5) is 26.2. The molecule has 102 valence electrons. The number of aliphatic carboxylic acids is 1. The molecule has 1 heterocycles. The van der Waals surface area contributed by atoms with Crippen LogP contribution >= 0.6 is 0 Å². The molecule has 0 aromatic heterocycles. The van der Waals surface area contributed by atoms with Gasteiger partial charge in [-0.3, -0.25) is 14.5 Å². The molecule has 0 spiro atoms. The fraction of sp³-hybridized carbons (Fsp3) is 0.833. The van der Waals surface area contributed by atoms with Gasteiger partial charge in [-0.05, 0) is 12.8 Å². The molecule has 1 saturated carbocycles. The van der Waals surface area contributed by atoms with Crippen molar-refractivity contribution in [3.8, 4) is 0 Å². The number of hydrogen-bond acceptors (Lipinski definition) is 4. The van der Waals surface area contributed by atoms with Crippen LogP contribution in [-0.4, -0.2) is 72.1 Å². The standard InChI is InChI=1S/C12H21N3O3/c16-11(3-4-13-10-1-2-10)15-7-5-14(6-8-15)9-12(17)18/h10,13H,1-9H2,(H,17,18). The average Bonchev–Trinajstić information content (AvgIpc) is 3.13. The molecule has 1 aliphatic carbocycles. The molecule has 0 atom stereocenters. The second-order valence-corrected chi connectivity index (χ2v) is 5.03. The van der Waals surface area contributed by atoms with E-state index in [1.165, 1.54) is 12.8 Å². The SMILES string of the molecule is O=C(O)CN1CCN(C(=O)CCNC2CC2)CC1. The van der Waals surface area contributed by atoms with E-state index in [1.54, 1.807) is 0 Å². The van der Waals surface area contributed by atoms with Crippen molar-refractivity contribution in [3.63, 3.8) is 0 Å². The lowest BCUT2D eigenvalue weighted by molar-refractivity contribution is -0.139. The van der Waals surface area contributed by atoms with Crippen molar-refractivity contribution in [2.45, 2.75) is 25.3 Å². The number of nitrogens with zero attached hydrogens (tertiary/aromatic N) is 2. The van der Waals surface area contributed by atoms with E-state index in [9.17, 15) is 9.59 Å². The van der Waals surface area contributed by atoms with Gasteiger partial charge in [0.25, 0.3) is 0 Å². The van der Waals surface area contributed by atoms with Gasteiger partial charge in [0, 0.05) is 45.2 Å². The number of amides is 1. The first-order chi connectivity index (χ1) is 8.65. The topological polar surface area (TPSA) is 72.9 Å². The lowest BCUT2D eigenvalue weighted by Crippen LogP contribution is -2.50. The van der Waals surface area contributed by atoms with Gasteiger partial charge in [0.1, 0.15) is 0 Å². The first-order valence-corrected chi connectivity index (χ1v) is 6.60. The fourth-order valence-electron chi connectivity index (χ4n) is 2.18. The number of carboxylic acids is 1. The first kappa shape index (κ1) is 13.3. The molecule has 0 unspecified atom stereocenters. The molecule has 0 bridgehead atoms. The number of piperazine rings is 1. The molecule has 0 aromatic rings. The van der Waals surface area contributed by atoms with Crippen LogP contribution in [0.1, 0.15) is 19.3 Å². The van der Waals surface area contributed by atoms with Crippen molar-refractivity contribution in [2.24, 2.45) is 0 Å². The van der Waals surface area contributed by atoms with E-state index < -0.39 is 5.97 Å². The smallest absolute Gasteiger partial charge is 0.317 e. The zero-order chi connectivity index (χ0) is 13.0. The van der Waals surface area contributed by atoms with E-state index in [1.807, 2.05) is 9.80 Å². The number of nitrogens with one attached hydrogen (secondary N) is 1. The maximum Gasteiger partial charge on any atom is 0.317 e. The summed E-state index contributed by atoms with van der Waals surface area (Å²) in [6, 6.07) is 0.644. The van der Waals surface area contributed by atoms with Crippen molar-refractivity contribution in [2.75, 3.05) is 39.3 Å². The molecule has 2 rings (SSSR count). The second kappa shape index (κ2) is 6.15. The highest BCUT2D eigenvalue weighted by atomic mass is 16.4. The molecule has 2 N–H and O–H groups in total. The van der Waals surface area contributed by atoms with Gasteiger partial charge in [-0.15, -0.1) is 0 Å². The van der Waals surface area contributed by atoms with Crippen LogP contribution in [0.25, 0.3) is 0 Å². The molecule has 6 heteroatoms. The van der Waals surface area contributed by atoms with Crippen molar-refractivity contribution >= 4 is 11.9 Å². The minimum atomic E-state index is -0.802. The summed E-state index contributed by atoms with van der Waals surface area (Å²) in [5.41, 5.74) is 0. The van der Waals surface area contributed by atoms with E-state index in [4.69, 9.17) is 5.11 Å². The normalized spacial score (nSPS) is 21.0. The summed E-state index contributed by atoms with van der Waals surface area (Å²) in [5, 5.41) is 12.0. The highest BCUT2D eigenvalue weighted by Crippen LogP contribution is 2.18. The first-order valence-electron chi connectivity index (χ1n) is 6.60. The van der Waals surface area contributed by atoms with Crippen LogP contribution in [-0.2, 0) is 9.59 Å². The Balaban J connectivity index is 1.61. The number of hydrogen-bond donors (Lipinski definition) is 2. The summed E-state index contributed by atoms with van der Waals surface area (Å²) < 4.78 is 0. The maximum absolute atomic E-state index is 11.9. The van der Waals surface area contributed by atoms with E-state index in [0.717, 1.165) is 6.54 Å². The zero-order valence-electron chi connectivity index (χ0n) is 10.6. The molecule has 0 radical (unpaired) electrons. The third-order valence-electron chi connectivity index (χ3n) is 3.43. The summed E-state index contributed by atoms with van der Waals surface area (Å²) in [5.74, 6) is -0.624. The molecular weight excluding hydrogens is 234 g/mol. The van der Waals surface area contributed by atoms with Crippen molar-refractivity contribution in [1.82, 2.24) is 15.1 Å². The molecule has 0 aromatic carbocycles. The Kier molecular flexibility index (Phi) is 4.54. The zero-order valence-corrected chi connectivity index (χ0v) is 10.6. The van der Waals surface area contributed by atoms with Crippen LogP contribution in [0.2, 0.25) is 0 Å². The van der Waals surface area contributed by atoms with Gasteiger partial charge in [0.15, 0.2) is 0 Å². The molecule has 6 nitrogen and oxygen atoms in total. The van der Waals surface area contributed by atoms with Crippen LogP contribution in [0.3, 0.4) is 0 Å². The Labute approximate surface area is 107 Å². The largest absolute Gasteiger partial charge is 0.480 e. The monoisotopic (exact) mass is 255 g/mol. The quantitative estimate of drug-likeness (QED) is 0.660. The minimum absolute atomic E-state index is 0.0747. The molecule has 18 heavy (non-hydrogen) atoms. The third-order valence-corrected chi connectivity index (χ3v) is 3.43. The van der Waals surface area contributed by atoms with Gasteiger partial charge in [-0.2, -0.15) is 0 Å². The summed E-state index contributed by atoms with van der Waals surface area (Å²) in [6.07, 6.45) is 3.03. The Morgan fingerprint density at radius 3 is 2.39 bits per heavy atom. The van der Waals surface area contributed by atoms with E-state index in [2.05, 4.69) is 5.32 Å². The van der Waals surface area contributed by atoms with E-state index >= 15 is 0 Å². The highest BCUT2D eigenvalue weighted by Gasteiger charge is 2.23. The minimum Gasteiger partial charge on any atom is -0.480 e. The molecule has 2 aliphatic rings. The van der Waals surface area contributed by atoms with Gasteiger partial charge >= 0.3 is 5.97 Å². The van der Waals surface area contributed by atoms with Crippen LogP contribution < -0.4 is 5.32 Å². The van der Waals surface area contributed by atoms with Crippen LogP contribution in [0.5, 0.6) is 0 Å². The summed E-state index contributed by atoms with van der Waals surface area (Å²) in [6.45, 7) is 3.46. The molecule has 1 amide bonds. The second-order valence-electron chi connectivity index (χ2n) is 5.03. The van der Waals surface area contributed by atoms with Crippen LogP contribution in [0.4, 0.5) is 0 Å². The Bertz CT molecular complexity index is 310. The summed E-state index contributed by atoms with van der Waals surface area (Å²) in [7, 11) is 0. The average molecular weight is 255 g/mol. The summed E-state index contributed by atoms with van der Waals surface area (Å²) >= 11 is 0. The fourth-order valence-corrected chi connectivity index (χ4v) is 2.18. The van der Waals surface area contributed by atoms with Gasteiger partial charge in [0.2, 0.25) is 5.91 Å². The molecule has 1 aliphatic heterocycles. The molecule has 2 fully saturated rings.